The molecule has 1 rings (SSSR count). The second kappa shape index (κ2) is 7.48. The van der Waals surface area contributed by atoms with E-state index in [2.05, 4.69) is 0 Å². The zero-order chi connectivity index (χ0) is 14.4. The molecule has 1 aliphatic rings. The molecule has 0 bridgehead atoms. The van der Waals surface area contributed by atoms with Gasteiger partial charge in [0.25, 0.3) is 5.91 Å². The third kappa shape index (κ3) is 4.49. The van der Waals surface area contributed by atoms with Crippen molar-refractivity contribution in [2.24, 2.45) is 0 Å². The summed E-state index contributed by atoms with van der Waals surface area (Å²) in [6, 6.07) is 0.338. The fourth-order valence-electron chi connectivity index (χ4n) is 2.48. The Balaban J connectivity index is 2.46. The predicted molar refractivity (Wildman–Crippen MR) is 73.8 cm³/mol. The van der Waals surface area contributed by atoms with E-state index in [1.807, 2.05) is 7.05 Å². The summed E-state index contributed by atoms with van der Waals surface area (Å²) in [4.78, 5) is 27.2. The maximum Gasteiger partial charge on any atom is 0.251 e. The van der Waals surface area contributed by atoms with Gasteiger partial charge in [0.05, 0.1) is 6.54 Å². The van der Waals surface area contributed by atoms with Crippen LogP contribution in [-0.4, -0.2) is 61.5 Å². The molecule has 0 aliphatic heterocycles. The van der Waals surface area contributed by atoms with Crippen LogP contribution in [0.1, 0.15) is 39.0 Å². The molecule has 0 saturated heterocycles. The van der Waals surface area contributed by atoms with E-state index in [4.69, 9.17) is 4.74 Å². The van der Waals surface area contributed by atoms with Gasteiger partial charge in [-0.1, -0.05) is 19.3 Å². The normalized spacial score (nSPS) is 17.9. The molecule has 5 heteroatoms. The molecule has 110 valence electrons. The maximum atomic E-state index is 12.2. The standard InChI is InChI=1S/C14H26N2O3/c1-11(19-4)14(18)15(2)10-13(17)16(3)12-8-6-5-7-9-12/h11-12H,5-10H2,1-4H3. The van der Waals surface area contributed by atoms with Crippen molar-refractivity contribution in [1.82, 2.24) is 9.80 Å². The quantitative estimate of drug-likeness (QED) is 0.756. The first-order valence-corrected chi connectivity index (χ1v) is 7.00. The number of likely N-dealkylation sites (N-methyl/N-ethyl adjacent to an activating group) is 2. The van der Waals surface area contributed by atoms with Gasteiger partial charge in [0.15, 0.2) is 0 Å². The maximum absolute atomic E-state index is 12.2. The smallest absolute Gasteiger partial charge is 0.251 e. The first-order valence-electron chi connectivity index (χ1n) is 7.00. The van der Waals surface area contributed by atoms with Gasteiger partial charge in [-0.05, 0) is 19.8 Å². The van der Waals surface area contributed by atoms with E-state index in [0.29, 0.717) is 6.04 Å². The molecule has 1 saturated carbocycles. The van der Waals surface area contributed by atoms with Gasteiger partial charge in [0.2, 0.25) is 5.91 Å². The highest BCUT2D eigenvalue weighted by molar-refractivity contribution is 5.86. The molecule has 1 fully saturated rings. The first-order chi connectivity index (χ1) is 8.97. The Bertz CT molecular complexity index is 314. The van der Waals surface area contributed by atoms with Crippen LogP contribution in [0.3, 0.4) is 0 Å². The van der Waals surface area contributed by atoms with Crippen molar-refractivity contribution >= 4 is 11.8 Å². The van der Waals surface area contributed by atoms with Crippen molar-refractivity contribution in [3.05, 3.63) is 0 Å². The van der Waals surface area contributed by atoms with E-state index in [1.54, 1.807) is 18.9 Å². The Kier molecular flexibility index (Phi) is 6.28. The molecule has 0 aromatic rings. The van der Waals surface area contributed by atoms with Crippen LogP contribution in [0.25, 0.3) is 0 Å². The van der Waals surface area contributed by atoms with Gasteiger partial charge < -0.3 is 14.5 Å². The molecular formula is C14H26N2O3. The monoisotopic (exact) mass is 270 g/mol. The lowest BCUT2D eigenvalue weighted by Crippen LogP contribution is -2.46. The van der Waals surface area contributed by atoms with Crippen LogP contribution in [0.2, 0.25) is 0 Å². The number of hydrogen-bond acceptors (Lipinski definition) is 3. The van der Waals surface area contributed by atoms with E-state index < -0.39 is 6.10 Å². The van der Waals surface area contributed by atoms with Crippen LogP contribution in [0.5, 0.6) is 0 Å². The SMILES string of the molecule is COC(C)C(=O)N(C)CC(=O)N(C)C1CCCCC1. The van der Waals surface area contributed by atoms with E-state index >= 15 is 0 Å². The number of hydrogen-bond donors (Lipinski definition) is 0. The fourth-order valence-corrected chi connectivity index (χ4v) is 2.48. The molecule has 0 aromatic heterocycles. The Morgan fingerprint density at radius 1 is 1.21 bits per heavy atom. The molecule has 1 atom stereocenters. The highest BCUT2D eigenvalue weighted by atomic mass is 16.5. The summed E-state index contributed by atoms with van der Waals surface area (Å²) in [6.45, 7) is 1.81. The van der Waals surface area contributed by atoms with Gasteiger partial charge in [-0.15, -0.1) is 0 Å². The Morgan fingerprint density at radius 3 is 2.32 bits per heavy atom. The summed E-state index contributed by atoms with van der Waals surface area (Å²) < 4.78 is 4.98. The van der Waals surface area contributed by atoms with Crippen molar-refractivity contribution < 1.29 is 14.3 Å². The molecule has 0 N–H and O–H groups in total. The number of rotatable bonds is 5. The van der Waals surface area contributed by atoms with Crippen LogP contribution in [-0.2, 0) is 14.3 Å². The molecule has 1 unspecified atom stereocenters. The van der Waals surface area contributed by atoms with Crippen molar-refractivity contribution in [3.63, 3.8) is 0 Å². The predicted octanol–water partition coefficient (Wildman–Crippen LogP) is 1.27. The van der Waals surface area contributed by atoms with E-state index in [-0.39, 0.29) is 18.4 Å². The molecule has 0 radical (unpaired) electrons. The lowest BCUT2D eigenvalue weighted by Gasteiger charge is -2.32. The summed E-state index contributed by atoms with van der Waals surface area (Å²) in [5.41, 5.74) is 0. The van der Waals surface area contributed by atoms with Crippen molar-refractivity contribution in [2.75, 3.05) is 27.7 Å². The zero-order valence-corrected chi connectivity index (χ0v) is 12.5. The highest BCUT2D eigenvalue weighted by Crippen LogP contribution is 2.21. The average molecular weight is 270 g/mol. The number of carbonyl (C=O) groups excluding carboxylic acids is 2. The molecule has 19 heavy (non-hydrogen) atoms. The van der Waals surface area contributed by atoms with Crippen LogP contribution >= 0.6 is 0 Å². The topological polar surface area (TPSA) is 49.9 Å². The Morgan fingerprint density at radius 2 is 1.79 bits per heavy atom. The first kappa shape index (κ1) is 16.0. The number of amides is 2. The largest absolute Gasteiger partial charge is 0.372 e. The third-order valence-corrected chi connectivity index (χ3v) is 3.97. The lowest BCUT2D eigenvalue weighted by molar-refractivity contribution is -0.145. The minimum Gasteiger partial charge on any atom is -0.372 e. The molecule has 5 nitrogen and oxygen atoms in total. The van der Waals surface area contributed by atoms with Crippen molar-refractivity contribution in [2.45, 2.75) is 51.2 Å². The van der Waals surface area contributed by atoms with E-state index in [9.17, 15) is 9.59 Å². The summed E-state index contributed by atoms with van der Waals surface area (Å²) in [6.07, 6.45) is 5.30. The Hall–Kier alpha value is -1.10. The van der Waals surface area contributed by atoms with Gasteiger partial charge in [-0.2, -0.15) is 0 Å². The number of ether oxygens (including phenoxy) is 1. The number of carbonyl (C=O) groups is 2. The molecular weight excluding hydrogens is 244 g/mol. The van der Waals surface area contributed by atoms with Crippen LogP contribution in [0.4, 0.5) is 0 Å². The fraction of sp³-hybridized carbons (Fsp3) is 0.857. The van der Waals surface area contributed by atoms with Gasteiger partial charge in [-0.3, -0.25) is 9.59 Å². The second-order valence-electron chi connectivity index (χ2n) is 5.37. The molecule has 1 aliphatic carbocycles. The zero-order valence-electron chi connectivity index (χ0n) is 12.5. The molecule has 2 amide bonds. The summed E-state index contributed by atoms with van der Waals surface area (Å²) >= 11 is 0. The highest BCUT2D eigenvalue weighted by Gasteiger charge is 2.25. The van der Waals surface area contributed by atoms with E-state index in [0.717, 1.165) is 12.8 Å². The molecule has 0 spiro atoms. The van der Waals surface area contributed by atoms with Gasteiger partial charge in [0, 0.05) is 27.2 Å². The number of methoxy groups -OCH3 is 1. The average Bonchev–Trinajstić information content (AvgIpc) is 2.45. The minimum absolute atomic E-state index is 0.00560. The molecule has 0 heterocycles. The summed E-state index contributed by atoms with van der Waals surface area (Å²) in [5, 5.41) is 0. The van der Waals surface area contributed by atoms with Crippen molar-refractivity contribution in [1.29, 1.82) is 0 Å². The summed E-state index contributed by atoms with van der Waals surface area (Å²) in [5.74, 6) is -0.154. The van der Waals surface area contributed by atoms with Crippen LogP contribution < -0.4 is 0 Å². The van der Waals surface area contributed by atoms with Gasteiger partial charge in [0.1, 0.15) is 6.10 Å². The van der Waals surface area contributed by atoms with Crippen LogP contribution in [0, 0.1) is 0 Å². The lowest BCUT2D eigenvalue weighted by atomic mass is 9.94. The second-order valence-corrected chi connectivity index (χ2v) is 5.37. The Labute approximate surface area is 115 Å². The van der Waals surface area contributed by atoms with Crippen molar-refractivity contribution in [3.8, 4) is 0 Å². The third-order valence-electron chi connectivity index (χ3n) is 3.97. The minimum atomic E-state index is -0.502. The van der Waals surface area contributed by atoms with Crippen LogP contribution in [0.15, 0.2) is 0 Å². The number of nitrogens with zero attached hydrogens (tertiary/aromatic N) is 2. The van der Waals surface area contributed by atoms with Gasteiger partial charge in [-0.25, -0.2) is 0 Å². The summed E-state index contributed by atoms with van der Waals surface area (Å²) in [7, 11) is 4.98. The van der Waals surface area contributed by atoms with Gasteiger partial charge >= 0.3 is 0 Å². The molecule has 0 aromatic carbocycles. The van der Waals surface area contributed by atoms with E-state index in [1.165, 1.54) is 31.3 Å².